The summed E-state index contributed by atoms with van der Waals surface area (Å²) in [5, 5.41) is 22.2. The Kier molecular flexibility index (Phi) is 5.21. The Morgan fingerprint density at radius 2 is 2.00 bits per heavy atom. The Balaban J connectivity index is 2.70. The molecule has 0 spiro atoms. The number of benzene rings is 1. The minimum absolute atomic E-state index is 0.144. The van der Waals surface area contributed by atoms with Crippen molar-refractivity contribution in [1.82, 2.24) is 5.32 Å². The highest BCUT2D eigenvalue weighted by Gasteiger charge is 2.19. The number of amides is 2. The molecule has 1 aromatic carbocycles. The first kappa shape index (κ1) is 14.6. The highest BCUT2D eigenvalue weighted by Crippen LogP contribution is 2.29. The maximum Gasteiger partial charge on any atom is 0.328 e. The first-order valence-corrected chi connectivity index (χ1v) is 5.56. The Labute approximate surface area is 113 Å². The van der Waals surface area contributed by atoms with Crippen LogP contribution in [0.5, 0.6) is 0 Å². The van der Waals surface area contributed by atoms with Crippen molar-refractivity contribution in [3.8, 4) is 0 Å². The highest BCUT2D eigenvalue weighted by molar-refractivity contribution is 6.43. The van der Waals surface area contributed by atoms with Gasteiger partial charge < -0.3 is 20.8 Å². The van der Waals surface area contributed by atoms with Gasteiger partial charge in [0.25, 0.3) is 0 Å². The minimum atomic E-state index is -1.39. The molecule has 0 saturated carbocycles. The summed E-state index contributed by atoms with van der Waals surface area (Å²) >= 11 is 11.6. The first-order chi connectivity index (χ1) is 8.45. The van der Waals surface area contributed by atoms with Crippen LogP contribution in [0, 0.1) is 0 Å². The lowest BCUT2D eigenvalue weighted by molar-refractivity contribution is -0.140. The number of nitrogens with one attached hydrogen (secondary N) is 2. The van der Waals surface area contributed by atoms with Crippen molar-refractivity contribution >= 4 is 40.9 Å². The predicted octanol–water partition coefficient (Wildman–Crippen LogP) is 1.56. The third kappa shape index (κ3) is 3.76. The van der Waals surface area contributed by atoms with Crippen LogP contribution in [0.25, 0.3) is 0 Å². The van der Waals surface area contributed by atoms with E-state index in [-0.39, 0.29) is 15.7 Å². The topological polar surface area (TPSA) is 98.7 Å². The molecule has 1 atom stereocenters. The van der Waals surface area contributed by atoms with E-state index >= 15 is 0 Å². The summed E-state index contributed by atoms with van der Waals surface area (Å²) < 4.78 is 0. The quantitative estimate of drug-likeness (QED) is 0.677. The van der Waals surface area contributed by atoms with Crippen LogP contribution in [0.4, 0.5) is 10.5 Å². The van der Waals surface area contributed by atoms with Gasteiger partial charge in [-0.25, -0.2) is 9.59 Å². The van der Waals surface area contributed by atoms with Gasteiger partial charge in [-0.15, -0.1) is 0 Å². The van der Waals surface area contributed by atoms with Gasteiger partial charge in [0.05, 0.1) is 22.3 Å². The Morgan fingerprint density at radius 3 is 2.56 bits per heavy atom. The van der Waals surface area contributed by atoms with E-state index in [4.69, 9.17) is 33.4 Å². The number of hydrogen-bond donors (Lipinski definition) is 4. The van der Waals surface area contributed by atoms with Crippen LogP contribution in [-0.2, 0) is 4.79 Å². The average molecular weight is 293 g/mol. The van der Waals surface area contributed by atoms with Crippen molar-refractivity contribution in [2.24, 2.45) is 0 Å². The Hall–Kier alpha value is -1.50. The molecule has 0 fully saturated rings. The molecule has 2 amide bonds. The van der Waals surface area contributed by atoms with E-state index in [1.165, 1.54) is 6.07 Å². The van der Waals surface area contributed by atoms with Crippen molar-refractivity contribution in [3.05, 3.63) is 28.2 Å². The smallest absolute Gasteiger partial charge is 0.328 e. The maximum atomic E-state index is 11.5. The molecule has 8 heteroatoms. The molecule has 18 heavy (non-hydrogen) atoms. The van der Waals surface area contributed by atoms with Gasteiger partial charge in [0.2, 0.25) is 0 Å². The van der Waals surface area contributed by atoms with Crippen LogP contribution in [-0.4, -0.2) is 34.9 Å². The van der Waals surface area contributed by atoms with Gasteiger partial charge in [0.1, 0.15) is 0 Å². The normalized spacial score (nSPS) is 11.7. The number of rotatable bonds is 4. The van der Waals surface area contributed by atoms with Crippen molar-refractivity contribution in [1.29, 1.82) is 0 Å². The van der Waals surface area contributed by atoms with E-state index in [1.54, 1.807) is 12.1 Å². The van der Waals surface area contributed by atoms with Crippen LogP contribution < -0.4 is 10.6 Å². The van der Waals surface area contributed by atoms with E-state index in [2.05, 4.69) is 10.6 Å². The summed E-state index contributed by atoms with van der Waals surface area (Å²) in [4.78, 5) is 22.0. The third-order valence-electron chi connectivity index (χ3n) is 1.99. The fourth-order valence-corrected chi connectivity index (χ4v) is 1.45. The number of aliphatic carboxylic acids is 1. The van der Waals surface area contributed by atoms with Gasteiger partial charge in [0.15, 0.2) is 6.04 Å². The zero-order valence-corrected chi connectivity index (χ0v) is 10.5. The predicted molar refractivity (Wildman–Crippen MR) is 67.1 cm³/mol. The number of aliphatic hydroxyl groups excluding tert-OH is 1. The summed E-state index contributed by atoms with van der Waals surface area (Å²) in [6.07, 6.45) is 0. The monoisotopic (exact) mass is 292 g/mol. The van der Waals surface area contributed by atoms with Crippen LogP contribution >= 0.6 is 23.2 Å². The molecule has 0 aliphatic carbocycles. The van der Waals surface area contributed by atoms with Crippen LogP contribution in [0.15, 0.2) is 18.2 Å². The van der Waals surface area contributed by atoms with Crippen molar-refractivity contribution < 1.29 is 19.8 Å². The molecule has 0 bridgehead atoms. The number of carboxylic acid groups (broad SMARTS) is 1. The second-order valence-corrected chi connectivity index (χ2v) is 4.06. The second-order valence-electron chi connectivity index (χ2n) is 3.27. The number of carbonyl (C=O) groups excluding carboxylic acids is 1. The number of urea groups is 1. The van der Waals surface area contributed by atoms with Crippen molar-refractivity contribution in [2.45, 2.75) is 6.04 Å². The van der Waals surface area contributed by atoms with Gasteiger partial charge in [-0.05, 0) is 12.1 Å². The molecule has 1 aromatic rings. The summed E-state index contributed by atoms with van der Waals surface area (Å²) in [5.41, 5.74) is 0.240. The van der Waals surface area contributed by atoms with Gasteiger partial charge >= 0.3 is 12.0 Å². The van der Waals surface area contributed by atoms with E-state index < -0.39 is 24.6 Å². The lowest BCUT2D eigenvalue weighted by atomic mass is 10.3. The van der Waals surface area contributed by atoms with E-state index in [0.29, 0.717) is 0 Å². The fourth-order valence-electron chi connectivity index (χ4n) is 1.10. The number of carboxylic acids is 1. The SMILES string of the molecule is O=C(Nc1cccc(Cl)c1Cl)NC(CO)C(=O)O. The standard InChI is InChI=1S/C10H10Cl2N2O4/c11-5-2-1-3-6(8(5)12)13-10(18)14-7(4-15)9(16)17/h1-3,7,15H,4H2,(H,16,17)(H2,13,14,18). The molecule has 98 valence electrons. The number of aliphatic hydroxyl groups is 1. The lowest BCUT2D eigenvalue weighted by Crippen LogP contribution is -2.45. The van der Waals surface area contributed by atoms with Gasteiger partial charge in [-0.1, -0.05) is 29.3 Å². The molecule has 0 saturated heterocycles. The van der Waals surface area contributed by atoms with E-state index in [1.807, 2.05) is 0 Å². The van der Waals surface area contributed by atoms with E-state index in [0.717, 1.165) is 0 Å². The molecule has 1 unspecified atom stereocenters. The van der Waals surface area contributed by atoms with Gasteiger partial charge in [-0.3, -0.25) is 0 Å². The molecule has 0 radical (unpaired) electrons. The summed E-state index contributed by atoms with van der Waals surface area (Å²) in [5.74, 6) is -1.34. The number of carbonyl (C=O) groups is 2. The molecule has 0 heterocycles. The number of halogens is 2. The minimum Gasteiger partial charge on any atom is -0.480 e. The Morgan fingerprint density at radius 1 is 1.33 bits per heavy atom. The van der Waals surface area contributed by atoms with Crippen molar-refractivity contribution in [2.75, 3.05) is 11.9 Å². The summed E-state index contributed by atoms with van der Waals surface area (Å²) in [6, 6.07) is 2.43. The number of hydrogen-bond acceptors (Lipinski definition) is 3. The van der Waals surface area contributed by atoms with Crippen LogP contribution in [0.3, 0.4) is 0 Å². The van der Waals surface area contributed by atoms with E-state index in [9.17, 15) is 9.59 Å². The number of anilines is 1. The highest BCUT2D eigenvalue weighted by atomic mass is 35.5. The molecular formula is C10H10Cl2N2O4. The lowest BCUT2D eigenvalue weighted by Gasteiger charge is -2.13. The zero-order valence-electron chi connectivity index (χ0n) is 8.98. The first-order valence-electron chi connectivity index (χ1n) is 4.81. The molecule has 0 aromatic heterocycles. The van der Waals surface area contributed by atoms with Crippen LogP contribution in [0.2, 0.25) is 10.0 Å². The maximum absolute atomic E-state index is 11.5. The van der Waals surface area contributed by atoms with Crippen molar-refractivity contribution in [3.63, 3.8) is 0 Å². The van der Waals surface area contributed by atoms with Gasteiger partial charge in [0, 0.05) is 0 Å². The average Bonchev–Trinajstić information content (AvgIpc) is 2.31. The third-order valence-corrected chi connectivity index (χ3v) is 2.80. The molecular weight excluding hydrogens is 283 g/mol. The Bertz CT molecular complexity index is 467. The fraction of sp³-hybridized carbons (Fsp3) is 0.200. The largest absolute Gasteiger partial charge is 0.480 e. The second kappa shape index (κ2) is 6.44. The summed E-state index contributed by atoms with van der Waals surface area (Å²) in [7, 11) is 0. The zero-order chi connectivity index (χ0) is 13.7. The van der Waals surface area contributed by atoms with Crippen LogP contribution in [0.1, 0.15) is 0 Å². The molecule has 1 rings (SSSR count). The molecule has 6 nitrogen and oxygen atoms in total. The van der Waals surface area contributed by atoms with Gasteiger partial charge in [-0.2, -0.15) is 0 Å². The molecule has 0 aliphatic heterocycles. The molecule has 4 N–H and O–H groups in total. The molecule has 0 aliphatic rings. The summed E-state index contributed by atoms with van der Waals surface area (Å²) in [6.45, 7) is -0.716.